The number of nitrogens with one attached hydrogen (secondary N) is 1. The molecule has 8 heteroatoms. The smallest absolute Gasteiger partial charge is 0.146 e. The van der Waals surface area contributed by atoms with Crippen molar-refractivity contribution in [1.82, 2.24) is 29.6 Å². The molecule has 0 amide bonds. The average molecular weight is 391 g/mol. The molecule has 0 saturated carbocycles. The van der Waals surface area contributed by atoms with Crippen LogP contribution in [0.25, 0.3) is 16.6 Å². The number of nitriles is 1. The van der Waals surface area contributed by atoms with Crippen LogP contribution in [0.15, 0.2) is 24.7 Å². The number of fused-ring (bicyclic) bond motifs is 1. The molecule has 2 saturated heterocycles. The number of aromatic nitrogens is 4. The van der Waals surface area contributed by atoms with E-state index in [1.807, 2.05) is 18.5 Å². The Bertz CT molecular complexity index is 1080. The first kappa shape index (κ1) is 18.2. The molecule has 0 aliphatic carbocycles. The number of rotatable bonds is 4. The number of likely N-dealkylation sites (tertiary alicyclic amines) is 1. The summed E-state index contributed by atoms with van der Waals surface area (Å²) in [5.41, 5.74) is 4.40. The van der Waals surface area contributed by atoms with Gasteiger partial charge in [0.1, 0.15) is 22.9 Å². The first-order valence-corrected chi connectivity index (χ1v) is 10.1. The minimum absolute atomic E-state index is 0.422. The molecule has 8 nitrogen and oxygen atoms in total. The molecule has 0 aromatic carbocycles. The van der Waals surface area contributed by atoms with Crippen molar-refractivity contribution in [2.24, 2.45) is 0 Å². The Morgan fingerprint density at radius 2 is 2.10 bits per heavy atom. The molecule has 5 heterocycles. The monoisotopic (exact) mass is 391 g/mol. The number of hydrogen-bond acceptors (Lipinski definition) is 6. The van der Waals surface area contributed by atoms with Crippen LogP contribution in [0.2, 0.25) is 0 Å². The van der Waals surface area contributed by atoms with E-state index in [1.165, 1.54) is 12.8 Å². The zero-order chi connectivity index (χ0) is 20.0. The highest BCUT2D eigenvalue weighted by molar-refractivity contribution is 5.75. The van der Waals surface area contributed by atoms with E-state index in [9.17, 15) is 5.26 Å². The molecule has 2 fully saturated rings. The molecule has 2 aliphatic heterocycles. The van der Waals surface area contributed by atoms with Gasteiger partial charge in [0.05, 0.1) is 25.5 Å². The van der Waals surface area contributed by atoms with Crippen molar-refractivity contribution in [3.05, 3.63) is 35.9 Å². The highest BCUT2D eigenvalue weighted by Crippen LogP contribution is 2.33. The molecule has 150 valence electrons. The fourth-order valence-electron chi connectivity index (χ4n) is 4.63. The van der Waals surface area contributed by atoms with Crippen LogP contribution in [-0.4, -0.2) is 63.6 Å². The largest absolute Gasteiger partial charge is 0.494 e. The number of methoxy groups -OCH3 is 1. The van der Waals surface area contributed by atoms with Crippen molar-refractivity contribution < 1.29 is 4.74 Å². The molecule has 3 aromatic rings. The molecule has 29 heavy (non-hydrogen) atoms. The van der Waals surface area contributed by atoms with Crippen LogP contribution in [0.1, 0.15) is 30.1 Å². The molecule has 1 atom stereocenters. The second kappa shape index (κ2) is 7.17. The molecule has 1 N–H and O–H groups in total. The third-order valence-corrected chi connectivity index (χ3v) is 6.30. The van der Waals surface area contributed by atoms with Crippen LogP contribution < -0.4 is 10.1 Å². The van der Waals surface area contributed by atoms with Gasteiger partial charge in [0.25, 0.3) is 0 Å². The molecule has 3 aromatic heterocycles. The van der Waals surface area contributed by atoms with Gasteiger partial charge in [0.2, 0.25) is 0 Å². The van der Waals surface area contributed by atoms with Crippen LogP contribution >= 0.6 is 0 Å². The van der Waals surface area contributed by atoms with Gasteiger partial charge < -0.3 is 10.1 Å². The fourth-order valence-corrected chi connectivity index (χ4v) is 4.63. The second-order valence-electron chi connectivity index (χ2n) is 7.96. The van der Waals surface area contributed by atoms with Crippen molar-refractivity contribution in [1.29, 1.82) is 5.26 Å². The quantitative estimate of drug-likeness (QED) is 0.732. The summed E-state index contributed by atoms with van der Waals surface area (Å²) < 4.78 is 9.41. The fraction of sp³-hybridized carbons (Fsp3) is 0.476. The Morgan fingerprint density at radius 1 is 1.24 bits per heavy atom. The van der Waals surface area contributed by atoms with Crippen molar-refractivity contribution in [3.63, 3.8) is 0 Å². The van der Waals surface area contributed by atoms with Gasteiger partial charge in [-0.3, -0.25) is 9.58 Å². The maximum atomic E-state index is 9.31. The minimum Gasteiger partial charge on any atom is -0.494 e. The first-order valence-electron chi connectivity index (χ1n) is 10.1. The number of pyridine rings is 1. The summed E-state index contributed by atoms with van der Waals surface area (Å²) in [7, 11) is 1.62. The number of hydrogen-bond donors (Lipinski definition) is 1. The third kappa shape index (κ3) is 2.98. The maximum Gasteiger partial charge on any atom is 0.146 e. The van der Waals surface area contributed by atoms with Crippen LogP contribution in [0.5, 0.6) is 5.75 Å². The highest BCUT2D eigenvalue weighted by atomic mass is 16.5. The molecular weight excluding hydrogens is 366 g/mol. The van der Waals surface area contributed by atoms with E-state index < -0.39 is 0 Å². The molecule has 0 spiro atoms. The van der Waals surface area contributed by atoms with E-state index in [-0.39, 0.29) is 0 Å². The molecule has 0 bridgehead atoms. The Kier molecular flexibility index (Phi) is 4.49. The normalized spacial score (nSPS) is 20.5. The van der Waals surface area contributed by atoms with E-state index in [0.29, 0.717) is 28.9 Å². The average Bonchev–Trinajstić information content (AvgIpc) is 3.30. The molecule has 0 radical (unpaired) electrons. The van der Waals surface area contributed by atoms with Gasteiger partial charge in [-0.25, -0.2) is 4.52 Å². The number of ether oxygens (including phenoxy) is 1. The Labute approximate surface area is 169 Å². The molecular formula is C21H25N7O. The summed E-state index contributed by atoms with van der Waals surface area (Å²) in [4.78, 5) is 2.57. The summed E-state index contributed by atoms with van der Waals surface area (Å²) in [6.07, 6.45) is 7.99. The van der Waals surface area contributed by atoms with Crippen molar-refractivity contribution in [2.75, 3.05) is 33.3 Å². The lowest BCUT2D eigenvalue weighted by Gasteiger charge is -2.46. The summed E-state index contributed by atoms with van der Waals surface area (Å²) >= 11 is 0. The standard InChI is InChI=1S/C21H25N7O/c1-14-19(15-6-20(29-2)21-16(7-22)8-24-27(21)11-15)10-25-28(14)18-12-26(13-18)17-4-3-5-23-9-17/h6,8,10-11,17-18,23H,3-5,9,12-13H2,1-2H3/t17-/m0/s1. The third-order valence-electron chi connectivity index (χ3n) is 6.30. The van der Waals surface area contributed by atoms with Gasteiger partial charge in [-0.2, -0.15) is 15.5 Å². The first-order chi connectivity index (χ1) is 14.2. The number of nitrogens with zero attached hydrogens (tertiary/aromatic N) is 6. The second-order valence-corrected chi connectivity index (χ2v) is 7.96. The van der Waals surface area contributed by atoms with Crippen LogP contribution in [0.4, 0.5) is 0 Å². The Hall–Kier alpha value is -2.89. The van der Waals surface area contributed by atoms with Crippen LogP contribution in [0, 0.1) is 18.3 Å². The van der Waals surface area contributed by atoms with Crippen molar-refractivity contribution >= 4 is 5.52 Å². The summed E-state index contributed by atoms with van der Waals surface area (Å²) in [6.45, 7) is 6.48. The maximum absolute atomic E-state index is 9.31. The van der Waals surface area contributed by atoms with E-state index in [0.717, 1.165) is 43.0 Å². The predicted octanol–water partition coefficient (Wildman–Crippen LogP) is 2.00. The van der Waals surface area contributed by atoms with Gasteiger partial charge in [0.15, 0.2) is 0 Å². The molecule has 0 unspecified atom stereocenters. The predicted molar refractivity (Wildman–Crippen MR) is 109 cm³/mol. The lowest BCUT2D eigenvalue weighted by molar-refractivity contribution is 0.0408. The lowest BCUT2D eigenvalue weighted by atomic mass is 9.99. The van der Waals surface area contributed by atoms with E-state index in [2.05, 4.69) is 33.0 Å². The van der Waals surface area contributed by atoms with E-state index in [1.54, 1.807) is 17.8 Å². The topological polar surface area (TPSA) is 83.4 Å². The zero-order valence-electron chi connectivity index (χ0n) is 16.8. The van der Waals surface area contributed by atoms with Crippen LogP contribution in [-0.2, 0) is 0 Å². The zero-order valence-corrected chi connectivity index (χ0v) is 16.8. The summed E-state index contributed by atoms with van der Waals surface area (Å²) in [5, 5.41) is 21.8. The Balaban J connectivity index is 1.41. The molecule has 5 rings (SSSR count). The van der Waals surface area contributed by atoms with E-state index >= 15 is 0 Å². The summed E-state index contributed by atoms with van der Waals surface area (Å²) in [6, 6.07) is 5.22. The minimum atomic E-state index is 0.422. The Morgan fingerprint density at radius 3 is 2.83 bits per heavy atom. The van der Waals surface area contributed by atoms with Crippen LogP contribution in [0.3, 0.4) is 0 Å². The molecule has 2 aliphatic rings. The van der Waals surface area contributed by atoms with Gasteiger partial charge in [0, 0.05) is 48.7 Å². The van der Waals surface area contributed by atoms with Crippen molar-refractivity contribution in [2.45, 2.75) is 31.8 Å². The van der Waals surface area contributed by atoms with Gasteiger partial charge in [-0.15, -0.1) is 0 Å². The van der Waals surface area contributed by atoms with Gasteiger partial charge in [-0.05, 0) is 32.4 Å². The highest BCUT2D eigenvalue weighted by Gasteiger charge is 2.35. The van der Waals surface area contributed by atoms with Gasteiger partial charge >= 0.3 is 0 Å². The van der Waals surface area contributed by atoms with E-state index in [4.69, 9.17) is 9.84 Å². The lowest BCUT2D eigenvalue weighted by Crippen LogP contribution is -2.57. The SMILES string of the molecule is COc1cc(-c2cnn(C3CN([C@H]4CCCNC4)C3)c2C)cn2ncc(C#N)c12. The number of piperidine rings is 1. The summed E-state index contributed by atoms with van der Waals surface area (Å²) in [5.74, 6) is 0.642. The van der Waals surface area contributed by atoms with Crippen molar-refractivity contribution in [3.8, 4) is 22.9 Å². The van der Waals surface area contributed by atoms with Gasteiger partial charge in [-0.1, -0.05) is 0 Å².